The van der Waals surface area contributed by atoms with Crippen molar-refractivity contribution >= 4 is 27.3 Å². The number of carbonyl (C=O) groups excluding carboxylic acids is 2. The van der Waals surface area contributed by atoms with Crippen molar-refractivity contribution in [1.29, 1.82) is 0 Å². The van der Waals surface area contributed by atoms with Gasteiger partial charge in [-0.25, -0.2) is 8.42 Å². The van der Waals surface area contributed by atoms with Gasteiger partial charge < -0.3 is 10.6 Å². The van der Waals surface area contributed by atoms with Crippen LogP contribution in [-0.2, 0) is 19.4 Å². The summed E-state index contributed by atoms with van der Waals surface area (Å²) in [6.45, 7) is 2.03. The topological polar surface area (TPSA) is 92.3 Å². The van der Waals surface area contributed by atoms with Crippen molar-refractivity contribution in [2.45, 2.75) is 43.9 Å². The Labute approximate surface area is 142 Å². The molecule has 2 N–H and O–H groups in total. The van der Waals surface area contributed by atoms with Gasteiger partial charge in [0.2, 0.25) is 11.8 Å². The summed E-state index contributed by atoms with van der Waals surface area (Å²) < 4.78 is 24.5. The lowest BCUT2D eigenvalue weighted by molar-refractivity contribution is -0.121. The summed E-state index contributed by atoms with van der Waals surface area (Å²) in [7, 11) is -3.51. The molecule has 1 saturated carbocycles. The molecular formula is C17H24N2O4S. The summed E-state index contributed by atoms with van der Waals surface area (Å²) in [5.74, 6) is -0.125. The van der Waals surface area contributed by atoms with E-state index in [1.165, 1.54) is 44.0 Å². The molecule has 0 aliphatic heterocycles. The van der Waals surface area contributed by atoms with Crippen LogP contribution in [0.4, 0.5) is 5.69 Å². The summed E-state index contributed by atoms with van der Waals surface area (Å²) in [6, 6.07) is 5.96. The summed E-state index contributed by atoms with van der Waals surface area (Å²) >= 11 is 0. The van der Waals surface area contributed by atoms with Gasteiger partial charge in [-0.3, -0.25) is 9.59 Å². The highest BCUT2D eigenvalue weighted by Gasteiger charge is 2.18. The molecule has 1 fully saturated rings. The molecule has 0 spiro atoms. The molecule has 0 heterocycles. The molecule has 0 unspecified atom stereocenters. The van der Waals surface area contributed by atoms with E-state index in [0.29, 0.717) is 18.2 Å². The van der Waals surface area contributed by atoms with Crippen molar-refractivity contribution in [3.63, 3.8) is 0 Å². The van der Waals surface area contributed by atoms with Crippen molar-refractivity contribution in [3.8, 4) is 0 Å². The first-order chi connectivity index (χ1) is 11.4. The molecule has 0 aromatic heterocycles. The Morgan fingerprint density at radius 2 is 1.75 bits per heavy atom. The van der Waals surface area contributed by atoms with Gasteiger partial charge in [0.15, 0.2) is 9.84 Å². The van der Waals surface area contributed by atoms with E-state index in [1.807, 2.05) is 0 Å². The molecule has 24 heavy (non-hydrogen) atoms. The number of amides is 2. The molecule has 1 aromatic carbocycles. The third-order valence-electron chi connectivity index (χ3n) is 4.19. The van der Waals surface area contributed by atoms with Gasteiger partial charge in [0.25, 0.3) is 0 Å². The molecule has 0 saturated heterocycles. The highest BCUT2D eigenvalue weighted by molar-refractivity contribution is 7.91. The van der Waals surface area contributed by atoms with E-state index >= 15 is 0 Å². The maximum Gasteiger partial charge on any atom is 0.221 e. The SMILES string of the molecule is CC(=O)Nc1ccc(S(=O)(=O)CCC(=O)NCC2CCCC2)cc1. The largest absolute Gasteiger partial charge is 0.356 e. The Morgan fingerprint density at radius 1 is 1.12 bits per heavy atom. The van der Waals surface area contributed by atoms with Gasteiger partial charge in [0.05, 0.1) is 10.6 Å². The first-order valence-electron chi connectivity index (χ1n) is 8.24. The quantitative estimate of drug-likeness (QED) is 0.786. The highest BCUT2D eigenvalue weighted by Crippen LogP contribution is 2.23. The Balaban J connectivity index is 1.83. The van der Waals surface area contributed by atoms with E-state index in [2.05, 4.69) is 10.6 Å². The molecule has 2 amide bonds. The second-order valence-corrected chi connectivity index (χ2v) is 8.34. The zero-order chi connectivity index (χ0) is 17.6. The minimum Gasteiger partial charge on any atom is -0.356 e. The van der Waals surface area contributed by atoms with Crippen LogP contribution >= 0.6 is 0 Å². The lowest BCUT2D eigenvalue weighted by atomic mass is 10.1. The molecular weight excluding hydrogens is 328 g/mol. The maximum atomic E-state index is 12.3. The molecule has 6 nitrogen and oxygen atoms in total. The lowest BCUT2D eigenvalue weighted by Gasteiger charge is -2.11. The fourth-order valence-electron chi connectivity index (χ4n) is 2.85. The second-order valence-electron chi connectivity index (χ2n) is 6.23. The van der Waals surface area contributed by atoms with Crippen molar-refractivity contribution in [3.05, 3.63) is 24.3 Å². The molecule has 0 radical (unpaired) electrons. The highest BCUT2D eigenvalue weighted by atomic mass is 32.2. The van der Waals surface area contributed by atoms with Crippen LogP contribution in [0.2, 0.25) is 0 Å². The van der Waals surface area contributed by atoms with Gasteiger partial charge in [-0.2, -0.15) is 0 Å². The third-order valence-corrected chi connectivity index (χ3v) is 5.93. The van der Waals surface area contributed by atoms with E-state index < -0.39 is 9.84 Å². The molecule has 2 rings (SSSR count). The molecule has 1 aromatic rings. The van der Waals surface area contributed by atoms with Crippen molar-refractivity contribution in [2.24, 2.45) is 5.92 Å². The molecule has 1 aliphatic rings. The van der Waals surface area contributed by atoms with Crippen LogP contribution < -0.4 is 10.6 Å². The van der Waals surface area contributed by atoms with Gasteiger partial charge in [0, 0.05) is 25.6 Å². The zero-order valence-electron chi connectivity index (χ0n) is 13.9. The van der Waals surface area contributed by atoms with Gasteiger partial charge in [-0.05, 0) is 43.0 Å². The van der Waals surface area contributed by atoms with Crippen molar-refractivity contribution in [2.75, 3.05) is 17.6 Å². The van der Waals surface area contributed by atoms with E-state index in [1.54, 1.807) is 0 Å². The smallest absolute Gasteiger partial charge is 0.221 e. The van der Waals surface area contributed by atoms with E-state index in [4.69, 9.17) is 0 Å². The first kappa shape index (κ1) is 18.4. The van der Waals surface area contributed by atoms with Crippen LogP contribution in [0.5, 0.6) is 0 Å². The number of hydrogen-bond donors (Lipinski definition) is 2. The lowest BCUT2D eigenvalue weighted by Crippen LogP contribution is -2.29. The first-order valence-corrected chi connectivity index (χ1v) is 9.89. The maximum absolute atomic E-state index is 12.3. The van der Waals surface area contributed by atoms with Crippen LogP contribution in [0.25, 0.3) is 0 Å². The van der Waals surface area contributed by atoms with Crippen LogP contribution in [0.3, 0.4) is 0 Å². The van der Waals surface area contributed by atoms with Gasteiger partial charge >= 0.3 is 0 Å². The molecule has 0 atom stereocenters. The third kappa shape index (κ3) is 5.63. The van der Waals surface area contributed by atoms with Crippen LogP contribution in [0.15, 0.2) is 29.2 Å². The molecule has 132 valence electrons. The average molecular weight is 352 g/mol. The Kier molecular flexibility index (Phi) is 6.36. The second kappa shape index (κ2) is 8.28. The van der Waals surface area contributed by atoms with E-state index in [9.17, 15) is 18.0 Å². The number of nitrogens with one attached hydrogen (secondary N) is 2. The van der Waals surface area contributed by atoms with Gasteiger partial charge in [0.1, 0.15) is 0 Å². The van der Waals surface area contributed by atoms with Crippen molar-refractivity contribution in [1.82, 2.24) is 5.32 Å². The average Bonchev–Trinajstić information content (AvgIpc) is 3.04. The number of sulfone groups is 1. The Bertz CT molecular complexity index is 677. The number of anilines is 1. The minimum absolute atomic E-state index is 0.0392. The normalized spacial score (nSPS) is 15.2. The number of carbonyl (C=O) groups is 2. The van der Waals surface area contributed by atoms with E-state index in [-0.39, 0.29) is 28.9 Å². The number of benzene rings is 1. The van der Waals surface area contributed by atoms with Crippen molar-refractivity contribution < 1.29 is 18.0 Å². The zero-order valence-corrected chi connectivity index (χ0v) is 14.7. The summed E-state index contributed by atoms with van der Waals surface area (Å²) in [5, 5.41) is 5.41. The Morgan fingerprint density at radius 3 is 2.33 bits per heavy atom. The standard InChI is InChI=1S/C17H24N2O4S/c1-13(20)19-15-6-8-16(9-7-15)24(22,23)11-10-17(21)18-12-14-4-2-3-5-14/h6-9,14H,2-5,10-12H2,1H3,(H,18,21)(H,19,20). The predicted molar refractivity (Wildman–Crippen MR) is 92.4 cm³/mol. The fraction of sp³-hybridized carbons (Fsp3) is 0.529. The molecule has 0 bridgehead atoms. The number of hydrogen-bond acceptors (Lipinski definition) is 4. The molecule has 7 heteroatoms. The fourth-order valence-corrected chi connectivity index (χ4v) is 4.10. The van der Waals surface area contributed by atoms with E-state index in [0.717, 1.165) is 12.8 Å². The Hall–Kier alpha value is -1.89. The monoisotopic (exact) mass is 352 g/mol. The predicted octanol–water partition coefficient (Wildman–Crippen LogP) is 2.12. The van der Waals surface area contributed by atoms with Crippen LogP contribution in [-0.4, -0.2) is 32.5 Å². The van der Waals surface area contributed by atoms with Gasteiger partial charge in [-0.1, -0.05) is 12.8 Å². The van der Waals surface area contributed by atoms with Crippen LogP contribution in [0, 0.1) is 5.92 Å². The summed E-state index contributed by atoms with van der Waals surface area (Å²) in [5.41, 5.74) is 0.538. The summed E-state index contributed by atoms with van der Waals surface area (Å²) in [4.78, 5) is 22.9. The minimum atomic E-state index is -3.51. The van der Waals surface area contributed by atoms with Gasteiger partial charge in [-0.15, -0.1) is 0 Å². The van der Waals surface area contributed by atoms with Crippen LogP contribution in [0.1, 0.15) is 39.0 Å². The number of rotatable bonds is 7. The summed E-state index contributed by atoms with van der Waals surface area (Å²) in [6.07, 6.45) is 4.66. The molecule has 1 aliphatic carbocycles.